The van der Waals surface area contributed by atoms with Crippen LogP contribution in [0.25, 0.3) is 0 Å². The second-order valence-electron chi connectivity index (χ2n) is 6.44. The van der Waals surface area contributed by atoms with Crippen molar-refractivity contribution in [2.45, 2.75) is 39.1 Å². The van der Waals surface area contributed by atoms with Crippen LogP contribution in [-0.4, -0.2) is 72.6 Å². The molecule has 0 amide bonds. The SMILES string of the molecule is CC(C)OCCCNCC(O)COCc1ccc2c(c1)OCO2.O=C(O)C(=O)O. The zero-order valence-corrected chi connectivity index (χ0v) is 16.6. The van der Waals surface area contributed by atoms with Gasteiger partial charge in [0.05, 0.1) is 25.4 Å². The van der Waals surface area contributed by atoms with Crippen molar-refractivity contribution in [2.75, 3.05) is 33.1 Å². The highest BCUT2D eigenvalue weighted by Gasteiger charge is 2.13. The minimum absolute atomic E-state index is 0.269. The summed E-state index contributed by atoms with van der Waals surface area (Å²) in [5.41, 5.74) is 1.00. The van der Waals surface area contributed by atoms with E-state index in [0.717, 1.165) is 36.6 Å². The smallest absolute Gasteiger partial charge is 0.414 e. The topological polar surface area (TPSA) is 144 Å². The fourth-order valence-electron chi connectivity index (χ4n) is 2.19. The lowest BCUT2D eigenvalue weighted by Gasteiger charge is -2.13. The maximum Gasteiger partial charge on any atom is 0.414 e. The summed E-state index contributed by atoms with van der Waals surface area (Å²) < 4.78 is 21.6. The van der Waals surface area contributed by atoms with Crippen molar-refractivity contribution in [3.05, 3.63) is 23.8 Å². The minimum Gasteiger partial charge on any atom is -0.473 e. The molecule has 164 valence electrons. The van der Waals surface area contributed by atoms with Gasteiger partial charge in [-0.3, -0.25) is 0 Å². The molecule has 1 aromatic rings. The predicted octanol–water partition coefficient (Wildman–Crippen LogP) is 0.853. The molecule has 0 bridgehead atoms. The average Bonchev–Trinajstić information content (AvgIpc) is 3.12. The number of carboxylic acid groups (broad SMARTS) is 2. The molecule has 0 aromatic heterocycles. The van der Waals surface area contributed by atoms with Crippen LogP contribution in [-0.2, 0) is 25.7 Å². The van der Waals surface area contributed by atoms with Crippen molar-refractivity contribution in [1.29, 1.82) is 0 Å². The molecular weight excluding hydrogens is 386 g/mol. The number of aliphatic carboxylic acids is 2. The molecule has 1 heterocycles. The van der Waals surface area contributed by atoms with Crippen molar-refractivity contribution >= 4 is 11.9 Å². The molecule has 1 aliphatic heterocycles. The first-order valence-electron chi connectivity index (χ1n) is 9.22. The van der Waals surface area contributed by atoms with E-state index in [1.54, 1.807) is 0 Å². The number of hydrogen-bond donors (Lipinski definition) is 4. The molecule has 1 aliphatic rings. The van der Waals surface area contributed by atoms with Gasteiger partial charge in [-0.2, -0.15) is 0 Å². The number of fused-ring (bicyclic) bond motifs is 1. The monoisotopic (exact) mass is 415 g/mol. The molecule has 10 nitrogen and oxygen atoms in total. The van der Waals surface area contributed by atoms with Crippen LogP contribution in [0.3, 0.4) is 0 Å². The molecule has 2 rings (SSSR count). The van der Waals surface area contributed by atoms with Gasteiger partial charge in [-0.05, 0) is 44.5 Å². The summed E-state index contributed by atoms with van der Waals surface area (Å²) in [6, 6.07) is 5.72. The van der Waals surface area contributed by atoms with Crippen molar-refractivity contribution in [3.8, 4) is 11.5 Å². The molecular formula is C19H29NO9. The van der Waals surface area contributed by atoms with E-state index >= 15 is 0 Å². The largest absolute Gasteiger partial charge is 0.473 e. The third kappa shape index (κ3) is 11.3. The first-order valence-corrected chi connectivity index (χ1v) is 9.22. The number of carbonyl (C=O) groups is 2. The van der Waals surface area contributed by atoms with Gasteiger partial charge in [-0.25, -0.2) is 9.59 Å². The number of nitrogens with one attached hydrogen (secondary N) is 1. The Morgan fingerprint density at radius 2 is 1.86 bits per heavy atom. The highest BCUT2D eigenvalue weighted by Crippen LogP contribution is 2.32. The van der Waals surface area contributed by atoms with Gasteiger partial charge in [0.2, 0.25) is 6.79 Å². The van der Waals surface area contributed by atoms with E-state index in [-0.39, 0.29) is 12.9 Å². The average molecular weight is 415 g/mol. The Morgan fingerprint density at radius 3 is 2.52 bits per heavy atom. The molecule has 0 saturated heterocycles. The Bertz CT molecular complexity index is 624. The Balaban J connectivity index is 0.000000612. The van der Waals surface area contributed by atoms with Gasteiger partial charge in [0.1, 0.15) is 0 Å². The highest BCUT2D eigenvalue weighted by atomic mass is 16.7. The summed E-state index contributed by atoms with van der Waals surface area (Å²) in [4.78, 5) is 18.2. The summed E-state index contributed by atoms with van der Waals surface area (Å²) in [5, 5.41) is 27.8. The van der Waals surface area contributed by atoms with Gasteiger partial charge in [0.15, 0.2) is 11.5 Å². The van der Waals surface area contributed by atoms with Crippen LogP contribution in [0.4, 0.5) is 0 Å². The van der Waals surface area contributed by atoms with Gasteiger partial charge >= 0.3 is 11.9 Å². The number of rotatable bonds is 11. The van der Waals surface area contributed by atoms with Crippen LogP contribution in [0.15, 0.2) is 18.2 Å². The van der Waals surface area contributed by atoms with Crippen molar-refractivity contribution < 1.29 is 43.9 Å². The van der Waals surface area contributed by atoms with Gasteiger partial charge in [0.25, 0.3) is 0 Å². The van der Waals surface area contributed by atoms with Gasteiger partial charge in [-0.15, -0.1) is 0 Å². The van der Waals surface area contributed by atoms with E-state index in [0.29, 0.717) is 19.8 Å². The molecule has 0 radical (unpaired) electrons. The first kappa shape index (κ1) is 24.6. The molecule has 4 N–H and O–H groups in total. The summed E-state index contributed by atoms with van der Waals surface area (Å²) in [6.45, 7) is 7.13. The molecule has 0 aliphatic carbocycles. The van der Waals surface area contributed by atoms with Crippen LogP contribution < -0.4 is 14.8 Å². The molecule has 0 spiro atoms. The number of ether oxygens (including phenoxy) is 4. The third-order valence-electron chi connectivity index (χ3n) is 3.53. The zero-order chi connectivity index (χ0) is 21.6. The lowest BCUT2D eigenvalue weighted by molar-refractivity contribution is -0.159. The number of aliphatic hydroxyl groups excluding tert-OH is 1. The van der Waals surface area contributed by atoms with Gasteiger partial charge in [-0.1, -0.05) is 6.07 Å². The maximum atomic E-state index is 9.86. The standard InChI is InChI=1S/C17H27NO5.C2H2O4/c1-13(2)21-7-3-6-18-9-15(19)11-20-10-14-4-5-16-17(8-14)23-12-22-16;3-1(4)2(5)6/h4-5,8,13,15,18-19H,3,6-7,9-12H2,1-2H3;(H,3,4)(H,5,6). The van der Waals surface area contributed by atoms with E-state index in [2.05, 4.69) is 5.32 Å². The fourth-order valence-corrected chi connectivity index (χ4v) is 2.19. The van der Waals surface area contributed by atoms with Crippen molar-refractivity contribution in [3.63, 3.8) is 0 Å². The fraction of sp³-hybridized carbons (Fsp3) is 0.579. The van der Waals surface area contributed by atoms with Crippen LogP contribution >= 0.6 is 0 Å². The summed E-state index contributed by atoms with van der Waals surface area (Å²) in [6.07, 6.45) is 0.684. The number of hydrogen-bond acceptors (Lipinski definition) is 8. The molecule has 1 aromatic carbocycles. The van der Waals surface area contributed by atoms with E-state index in [4.69, 9.17) is 38.7 Å². The van der Waals surface area contributed by atoms with E-state index < -0.39 is 18.0 Å². The quantitative estimate of drug-likeness (QED) is 0.303. The Hall–Kier alpha value is -2.40. The van der Waals surface area contributed by atoms with E-state index in [9.17, 15) is 5.11 Å². The Kier molecular flexibility index (Phi) is 11.7. The van der Waals surface area contributed by atoms with Crippen LogP contribution in [0, 0.1) is 0 Å². The lowest BCUT2D eigenvalue weighted by atomic mass is 10.2. The summed E-state index contributed by atoms with van der Waals surface area (Å²) >= 11 is 0. The second kappa shape index (κ2) is 13.7. The maximum absolute atomic E-state index is 9.86. The molecule has 1 atom stereocenters. The molecule has 0 saturated carbocycles. The molecule has 0 fully saturated rings. The number of aliphatic hydroxyl groups is 1. The van der Waals surface area contributed by atoms with Crippen LogP contribution in [0.5, 0.6) is 11.5 Å². The number of carboxylic acids is 2. The van der Waals surface area contributed by atoms with E-state index in [1.165, 1.54) is 0 Å². The van der Waals surface area contributed by atoms with Crippen LogP contribution in [0.1, 0.15) is 25.8 Å². The Labute approximate surface area is 169 Å². The zero-order valence-electron chi connectivity index (χ0n) is 16.6. The molecule has 1 unspecified atom stereocenters. The normalized spacial score (nSPS) is 13.0. The second-order valence-corrected chi connectivity index (χ2v) is 6.44. The summed E-state index contributed by atoms with van der Waals surface area (Å²) in [5.74, 6) is -2.14. The van der Waals surface area contributed by atoms with Gasteiger partial charge in [0, 0.05) is 13.2 Å². The summed E-state index contributed by atoms with van der Waals surface area (Å²) in [7, 11) is 0. The predicted molar refractivity (Wildman–Crippen MR) is 102 cm³/mol. The van der Waals surface area contributed by atoms with Crippen molar-refractivity contribution in [2.24, 2.45) is 0 Å². The van der Waals surface area contributed by atoms with Crippen LogP contribution in [0.2, 0.25) is 0 Å². The molecule has 10 heteroatoms. The van der Waals surface area contributed by atoms with Gasteiger partial charge < -0.3 is 39.6 Å². The lowest BCUT2D eigenvalue weighted by Crippen LogP contribution is -2.31. The number of benzene rings is 1. The minimum atomic E-state index is -1.82. The van der Waals surface area contributed by atoms with E-state index in [1.807, 2.05) is 32.0 Å². The highest BCUT2D eigenvalue weighted by molar-refractivity contribution is 6.27. The third-order valence-corrected chi connectivity index (χ3v) is 3.53. The molecule has 29 heavy (non-hydrogen) atoms. The van der Waals surface area contributed by atoms with Crippen molar-refractivity contribution in [1.82, 2.24) is 5.32 Å². The Morgan fingerprint density at radius 1 is 1.17 bits per heavy atom. The first-order chi connectivity index (χ1) is 13.8.